The first-order valence-electron chi connectivity index (χ1n) is 11.4. The molecule has 1 atom stereocenters. The van der Waals surface area contributed by atoms with Crippen LogP contribution in [0.25, 0.3) is 10.9 Å². The number of aromatic nitrogens is 1. The zero-order valence-corrected chi connectivity index (χ0v) is 20.2. The molecular weight excluding hydrogens is 438 g/mol. The topological polar surface area (TPSA) is 75.0 Å². The summed E-state index contributed by atoms with van der Waals surface area (Å²) in [5, 5.41) is 11.6. The number of rotatable bonds is 6. The molecule has 3 heterocycles. The molecule has 1 saturated heterocycles. The zero-order valence-electron chi connectivity index (χ0n) is 19.4. The molecule has 0 radical (unpaired) electrons. The van der Waals surface area contributed by atoms with E-state index in [4.69, 9.17) is 4.74 Å². The first kappa shape index (κ1) is 22.4. The minimum absolute atomic E-state index is 0.00577. The summed E-state index contributed by atoms with van der Waals surface area (Å²) in [4.78, 5) is 2.31. The Morgan fingerprint density at radius 1 is 1.12 bits per heavy atom. The Bertz CT molecular complexity index is 1280. The number of hydrogen-bond donors (Lipinski definition) is 1. The van der Waals surface area contributed by atoms with Crippen molar-refractivity contribution in [2.45, 2.75) is 24.9 Å². The van der Waals surface area contributed by atoms with Gasteiger partial charge < -0.3 is 14.4 Å². The highest BCUT2D eigenvalue weighted by Gasteiger charge is 2.55. The van der Waals surface area contributed by atoms with Crippen LogP contribution in [0.3, 0.4) is 0 Å². The van der Waals surface area contributed by atoms with Crippen LogP contribution in [-0.4, -0.2) is 66.4 Å². The van der Waals surface area contributed by atoms with Crippen molar-refractivity contribution in [3.8, 4) is 5.75 Å². The van der Waals surface area contributed by atoms with Gasteiger partial charge in [0.05, 0.1) is 31.0 Å². The average molecular weight is 470 g/mol. The quantitative estimate of drug-likeness (QED) is 0.601. The van der Waals surface area contributed by atoms with Gasteiger partial charge in [0, 0.05) is 55.8 Å². The Labute approximate surface area is 195 Å². The van der Waals surface area contributed by atoms with E-state index in [9.17, 15) is 13.5 Å². The smallest absolute Gasteiger partial charge is 0.213 e. The van der Waals surface area contributed by atoms with Crippen LogP contribution in [0.15, 0.2) is 48.5 Å². The lowest BCUT2D eigenvalue weighted by atomic mass is 9.70. The molecule has 1 N–H and O–H groups in total. The third-order valence-electron chi connectivity index (χ3n) is 7.36. The molecule has 0 aliphatic carbocycles. The maximum atomic E-state index is 12.6. The molecule has 5 rings (SSSR count). The van der Waals surface area contributed by atoms with Gasteiger partial charge in [0.15, 0.2) is 0 Å². The summed E-state index contributed by atoms with van der Waals surface area (Å²) < 4.78 is 34.5. The standard InChI is InChI=1S/C25H31N3O4S/c1-4-33(30,31)28-16-25(17-28)15-27(13-18-8-6-5-7-9-18)22(14-29)24-23(25)20-11-10-19(32-3)12-21(20)26(24)2/h5-12,22,29H,4,13-17H2,1-3H3/t22-/m0/s1. The summed E-state index contributed by atoms with van der Waals surface area (Å²) in [5.74, 6) is 0.885. The molecule has 2 aromatic carbocycles. The molecule has 0 saturated carbocycles. The molecule has 2 aliphatic rings. The van der Waals surface area contributed by atoms with E-state index in [0.29, 0.717) is 26.2 Å². The number of benzene rings is 2. The molecule has 0 amide bonds. The van der Waals surface area contributed by atoms with Crippen LogP contribution in [0.4, 0.5) is 0 Å². The van der Waals surface area contributed by atoms with Gasteiger partial charge in [-0.2, -0.15) is 4.31 Å². The average Bonchev–Trinajstić information content (AvgIpc) is 3.10. The van der Waals surface area contributed by atoms with Gasteiger partial charge in [0.1, 0.15) is 5.75 Å². The molecule has 1 spiro atoms. The van der Waals surface area contributed by atoms with Crippen molar-refractivity contribution in [1.82, 2.24) is 13.8 Å². The molecule has 33 heavy (non-hydrogen) atoms. The molecular formula is C25H31N3O4S. The van der Waals surface area contributed by atoms with Crippen molar-refractivity contribution < 1.29 is 18.3 Å². The summed E-state index contributed by atoms with van der Waals surface area (Å²) in [6.45, 7) is 4.00. The molecule has 176 valence electrons. The van der Waals surface area contributed by atoms with Gasteiger partial charge in [0.2, 0.25) is 10.0 Å². The monoisotopic (exact) mass is 469 g/mol. The largest absolute Gasteiger partial charge is 0.497 e. The van der Waals surface area contributed by atoms with Crippen LogP contribution in [0, 0.1) is 0 Å². The van der Waals surface area contributed by atoms with Crippen LogP contribution in [0.1, 0.15) is 29.8 Å². The van der Waals surface area contributed by atoms with Gasteiger partial charge in [-0.05, 0) is 30.2 Å². The van der Waals surface area contributed by atoms with Gasteiger partial charge >= 0.3 is 0 Å². The molecule has 1 aromatic heterocycles. The second-order valence-electron chi connectivity index (χ2n) is 9.24. The van der Waals surface area contributed by atoms with E-state index < -0.39 is 10.0 Å². The van der Waals surface area contributed by atoms with E-state index in [1.807, 2.05) is 37.4 Å². The molecule has 2 aliphatic heterocycles. The summed E-state index contributed by atoms with van der Waals surface area (Å²) in [6, 6.07) is 16.1. The lowest BCUT2D eigenvalue weighted by Gasteiger charge is -2.55. The Hall–Kier alpha value is -2.39. The maximum absolute atomic E-state index is 12.6. The lowest BCUT2D eigenvalue weighted by molar-refractivity contribution is 0.0242. The lowest BCUT2D eigenvalue weighted by Crippen LogP contribution is -2.67. The molecule has 0 bridgehead atoms. The summed E-state index contributed by atoms with van der Waals surface area (Å²) in [5.41, 5.74) is 4.14. The van der Waals surface area contributed by atoms with Crippen molar-refractivity contribution in [1.29, 1.82) is 0 Å². The Kier molecular flexibility index (Phi) is 5.52. The molecule has 8 heteroatoms. The van der Waals surface area contributed by atoms with Crippen LogP contribution in [0.5, 0.6) is 5.75 Å². The van der Waals surface area contributed by atoms with E-state index in [0.717, 1.165) is 22.3 Å². The van der Waals surface area contributed by atoms with E-state index in [2.05, 4.69) is 27.7 Å². The number of fused-ring (bicyclic) bond motifs is 4. The summed E-state index contributed by atoms with van der Waals surface area (Å²) >= 11 is 0. The highest BCUT2D eigenvalue weighted by Crippen LogP contribution is 2.50. The number of hydrogen-bond acceptors (Lipinski definition) is 5. The fourth-order valence-corrected chi connectivity index (χ4v) is 6.97. The molecule has 7 nitrogen and oxygen atoms in total. The zero-order chi connectivity index (χ0) is 23.4. The van der Waals surface area contributed by atoms with Crippen molar-refractivity contribution >= 4 is 20.9 Å². The predicted molar refractivity (Wildman–Crippen MR) is 129 cm³/mol. The van der Waals surface area contributed by atoms with E-state index >= 15 is 0 Å². The Balaban J connectivity index is 1.66. The van der Waals surface area contributed by atoms with Crippen molar-refractivity contribution in [3.05, 3.63) is 65.4 Å². The van der Waals surface area contributed by atoms with Gasteiger partial charge in [-0.3, -0.25) is 4.90 Å². The molecule has 3 aromatic rings. The van der Waals surface area contributed by atoms with E-state index in [1.165, 1.54) is 11.1 Å². The maximum Gasteiger partial charge on any atom is 0.213 e. The van der Waals surface area contributed by atoms with Crippen molar-refractivity contribution in [3.63, 3.8) is 0 Å². The van der Waals surface area contributed by atoms with Gasteiger partial charge in [-0.1, -0.05) is 30.3 Å². The fourth-order valence-electron chi connectivity index (χ4n) is 5.71. The number of sulfonamides is 1. The van der Waals surface area contributed by atoms with Crippen molar-refractivity contribution in [2.24, 2.45) is 7.05 Å². The van der Waals surface area contributed by atoms with Crippen LogP contribution in [0.2, 0.25) is 0 Å². The highest BCUT2D eigenvalue weighted by atomic mass is 32.2. The van der Waals surface area contributed by atoms with Crippen LogP contribution in [-0.2, 0) is 29.0 Å². The Morgan fingerprint density at radius 3 is 2.48 bits per heavy atom. The second kappa shape index (κ2) is 8.13. The predicted octanol–water partition coefficient (Wildman–Crippen LogP) is 2.64. The minimum Gasteiger partial charge on any atom is -0.497 e. The van der Waals surface area contributed by atoms with Gasteiger partial charge in [-0.25, -0.2) is 8.42 Å². The normalized spacial score (nSPS) is 20.7. The second-order valence-corrected chi connectivity index (χ2v) is 11.5. The number of aliphatic hydroxyl groups excluding tert-OH is 1. The Morgan fingerprint density at radius 2 is 1.85 bits per heavy atom. The SMILES string of the molecule is CCS(=O)(=O)N1CC2(CN(Cc3ccccc3)[C@@H](CO)c3c2c2ccc(OC)cc2n3C)C1. The molecule has 0 unspecified atom stereocenters. The van der Waals surface area contributed by atoms with Crippen molar-refractivity contribution in [2.75, 3.05) is 39.1 Å². The number of ether oxygens (including phenoxy) is 1. The number of aryl methyl sites for hydroxylation is 1. The van der Waals surface area contributed by atoms with Gasteiger partial charge in [0.25, 0.3) is 0 Å². The summed E-state index contributed by atoms with van der Waals surface area (Å²) in [6.07, 6.45) is 0. The van der Waals surface area contributed by atoms with Crippen LogP contribution < -0.4 is 4.74 Å². The number of methoxy groups -OCH3 is 1. The minimum atomic E-state index is -3.25. The van der Waals surface area contributed by atoms with E-state index in [1.54, 1.807) is 18.3 Å². The first-order chi connectivity index (χ1) is 15.8. The van der Waals surface area contributed by atoms with Gasteiger partial charge in [-0.15, -0.1) is 0 Å². The summed E-state index contributed by atoms with van der Waals surface area (Å²) in [7, 11) is 0.432. The molecule has 1 fully saturated rings. The van der Waals surface area contributed by atoms with Crippen LogP contribution >= 0.6 is 0 Å². The number of nitrogens with zero attached hydrogens (tertiary/aromatic N) is 3. The third kappa shape index (κ3) is 3.47. The first-order valence-corrected chi connectivity index (χ1v) is 13.0. The third-order valence-corrected chi connectivity index (χ3v) is 9.14. The fraction of sp³-hybridized carbons (Fsp3) is 0.440. The number of aliphatic hydroxyl groups is 1. The highest BCUT2D eigenvalue weighted by molar-refractivity contribution is 7.89. The van der Waals surface area contributed by atoms with E-state index in [-0.39, 0.29) is 23.8 Å².